The van der Waals surface area contributed by atoms with E-state index in [-0.39, 0.29) is 12.4 Å². The minimum atomic E-state index is -0.277. The lowest BCUT2D eigenvalue weighted by molar-refractivity contribution is 0.582. The van der Waals surface area contributed by atoms with Gasteiger partial charge in [0, 0.05) is 16.6 Å². The van der Waals surface area contributed by atoms with E-state index in [4.69, 9.17) is 0 Å². The standard InChI is InChI=1S/C15H11FN6S/c1-9-7-23-15(19-9)13-12-14(18-8-17-13)22(21-20-12)6-10-4-2-3-5-11(10)16/h2-5,7-8H,6H2,1H3. The average molecular weight is 326 g/mol. The maximum atomic E-state index is 13.8. The fraction of sp³-hybridized carbons (Fsp3) is 0.133. The molecule has 3 aromatic heterocycles. The van der Waals surface area contributed by atoms with Gasteiger partial charge >= 0.3 is 0 Å². The van der Waals surface area contributed by atoms with Gasteiger partial charge in [-0.05, 0) is 13.0 Å². The molecule has 0 aliphatic rings. The quantitative estimate of drug-likeness (QED) is 0.579. The zero-order valence-corrected chi connectivity index (χ0v) is 13.0. The number of aromatic nitrogens is 6. The largest absolute Gasteiger partial charge is 0.240 e. The normalized spacial score (nSPS) is 11.2. The smallest absolute Gasteiger partial charge is 0.182 e. The molecule has 4 rings (SSSR count). The molecular weight excluding hydrogens is 315 g/mol. The lowest BCUT2D eigenvalue weighted by atomic mass is 10.2. The van der Waals surface area contributed by atoms with E-state index in [0.717, 1.165) is 10.7 Å². The van der Waals surface area contributed by atoms with Crippen LogP contribution >= 0.6 is 11.3 Å². The van der Waals surface area contributed by atoms with Gasteiger partial charge in [-0.15, -0.1) is 16.4 Å². The van der Waals surface area contributed by atoms with E-state index in [2.05, 4.69) is 25.3 Å². The SMILES string of the molecule is Cc1csc(-c2ncnc3c2nnn3Cc2ccccc2F)n1. The lowest BCUT2D eigenvalue weighted by Crippen LogP contribution is -2.04. The number of fused-ring (bicyclic) bond motifs is 1. The summed E-state index contributed by atoms with van der Waals surface area (Å²) >= 11 is 1.49. The van der Waals surface area contributed by atoms with E-state index in [1.54, 1.807) is 22.9 Å². The van der Waals surface area contributed by atoms with Crippen LogP contribution < -0.4 is 0 Å². The summed E-state index contributed by atoms with van der Waals surface area (Å²) in [4.78, 5) is 12.9. The van der Waals surface area contributed by atoms with Gasteiger partial charge in [-0.2, -0.15) is 0 Å². The molecule has 1 aromatic carbocycles. The Bertz CT molecular complexity index is 992. The van der Waals surface area contributed by atoms with Crippen LogP contribution in [-0.4, -0.2) is 29.9 Å². The molecule has 6 nitrogen and oxygen atoms in total. The Morgan fingerprint density at radius 1 is 1.22 bits per heavy atom. The van der Waals surface area contributed by atoms with E-state index in [0.29, 0.717) is 22.4 Å². The summed E-state index contributed by atoms with van der Waals surface area (Å²) in [6.07, 6.45) is 1.45. The molecule has 0 N–H and O–H groups in total. The van der Waals surface area contributed by atoms with E-state index >= 15 is 0 Å². The van der Waals surface area contributed by atoms with Gasteiger partial charge in [0.2, 0.25) is 0 Å². The maximum absolute atomic E-state index is 13.8. The molecule has 0 radical (unpaired) electrons. The van der Waals surface area contributed by atoms with Gasteiger partial charge in [0.25, 0.3) is 0 Å². The highest BCUT2D eigenvalue weighted by atomic mass is 32.1. The number of nitrogens with zero attached hydrogens (tertiary/aromatic N) is 6. The van der Waals surface area contributed by atoms with Crippen LogP contribution in [-0.2, 0) is 6.54 Å². The van der Waals surface area contributed by atoms with Crippen molar-refractivity contribution in [1.82, 2.24) is 29.9 Å². The summed E-state index contributed by atoms with van der Waals surface area (Å²) in [7, 11) is 0. The van der Waals surface area contributed by atoms with Crippen LogP contribution in [0.4, 0.5) is 4.39 Å². The monoisotopic (exact) mass is 326 g/mol. The summed E-state index contributed by atoms with van der Waals surface area (Å²) in [5, 5.41) is 11.0. The van der Waals surface area contributed by atoms with Gasteiger partial charge in [-0.1, -0.05) is 23.4 Å². The molecule has 0 saturated carbocycles. The van der Waals surface area contributed by atoms with Crippen molar-refractivity contribution in [3.63, 3.8) is 0 Å². The Labute approximate surface area is 134 Å². The van der Waals surface area contributed by atoms with Crippen LogP contribution in [0.25, 0.3) is 21.9 Å². The molecule has 0 spiro atoms. The molecule has 4 aromatic rings. The van der Waals surface area contributed by atoms with Crippen molar-refractivity contribution in [2.45, 2.75) is 13.5 Å². The first-order valence-corrected chi connectivity index (χ1v) is 7.80. The second-order valence-electron chi connectivity index (χ2n) is 5.03. The third kappa shape index (κ3) is 2.46. The fourth-order valence-electron chi connectivity index (χ4n) is 2.31. The fourth-order valence-corrected chi connectivity index (χ4v) is 3.10. The van der Waals surface area contributed by atoms with Gasteiger partial charge in [0.1, 0.15) is 22.8 Å². The van der Waals surface area contributed by atoms with E-state index < -0.39 is 0 Å². The number of rotatable bonds is 3. The van der Waals surface area contributed by atoms with Crippen LogP contribution in [0.1, 0.15) is 11.3 Å². The van der Waals surface area contributed by atoms with Crippen molar-refractivity contribution in [3.05, 3.63) is 53.0 Å². The van der Waals surface area contributed by atoms with Crippen molar-refractivity contribution in [2.75, 3.05) is 0 Å². The van der Waals surface area contributed by atoms with E-state index in [1.807, 2.05) is 12.3 Å². The molecule has 0 atom stereocenters. The van der Waals surface area contributed by atoms with Crippen molar-refractivity contribution in [2.24, 2.45) is 0 Å². The highest BCUT2D eigenvalue weighted by Gasteiger charge is 2.16. The number of hydrogen-bond donors (Lipinski definition) is 0. The first kappa shape index (κ1) is 13.9. The molecule has 0 unspecified atom stereocenters. The summed E-state index contributed by atoms with van der Waals surface area (Å²) in [6.45, 7) is 2.18. The Morgan fingerprint density at radius 3 is 2.87 bits per heavy atom. The zero-order valence-electron chi connectivity index (χ0n) is 12.1. The molecule has 23 heavy (non-hydrogen) atoms. The van der Waals surface area contributed by atoms with Gasteiger partial charge in [0.15, 0.2) is 11.2 Å². The minimum absolute atomic E-state index is 0.260. The second kappa shape index (κ2) is 5.47. The molecular formula is C15H11FN6S. The molecule has 0 saturated heterocycles. The summed E-state index contributed by atoms with van der Waals surface area (Å²) in [5.41, 5.74) is 3.23. The number of thiazole rings is 1. The van der Waals surface area contributed by atoms with Gasteiger partial charge in [-0.25, -0.2) is 24.0 Å². The second-order valence-corrected chi connectivity index (χ2v) is 5.89. The molecule has 0 amide bonds. The maximum Gasteiger partial charge on any atom is 0.182 e. The lowest BCUT2D eigenvalue weighted by Gasteiger charge is -2.03. The van der Waals surface area contributed by atoms with Crippen LogP contribution in [0.2, 0.25) is 0 Å². The summed E-state index contributed by atoms with van der Waals surface area (Å²) in [6, 6.07) is 6.59. The molecule has 0 aliphatic heterocycles. The summed E-state index contributed by atoms with van der Waals surface area (Å²) in [5.74, 6) is -0.277. The predicted molar refractivity (Wildman–Crippen MR) is 84.5 cm³/mol. The highest BCUT2D eigenvalue weighted by Crippen LogP contribution is 2.26. The Kier molecular flexibility index (Phi) is 3.30. The van der Waals surface area contributed by atoms with Crippen molar-refractivity contribution < 1.29 is 4.39 Å². The first-order valence-electron chi connectivity index (χ1n) is 6.92. The van der Waals surface area contributed by atoms with E-state index in [9.17, 15) is 4.39 Å². The van der Waals surface area contributed by atoms with Gasteiger partial charge in [0.05, 0.1) is 6.54 Å². The van der Waals surface area contributed by atoms with Crippen molar-refractivity contribution >= 4 is 22.5 Å². The number of hydrogen-bond acceptors (Lipinski definition) is 6. The van der Waals surface area contributed by atoms with Crippen LogP contribution in [0.3, 0.4) is 0 Å². The molecule has 0 fully saturated rings. The van der Waals surface area contributed by atoms with Crippen LogP contribution in [0, 0.1) is 12.7 Å². The van der Waals surface area contributed by atoms with Crippen molar-refractivity contribution in [1.29, 1.82) is 0 Å². The topological polar surface area (TPSA) is 69.4 Å². The zero-order chi connectivity index (χ0) is 15.8. The third-order valence-corrected chi connectivity index (χ3v) is 4.37. The predicted octanol–water partition coefficient (Wildman–Crippen LogP) is 2.84. The average Bonchev–Trinajstić information content (AvgIpc) is 3.16. The molecule has 114 valence electrons. The molecule has 0 bridgehead atoms. The van der Waals surface area contributed by atoms with Gasteiger partial charge < -0.3 is 0 Å². The molecule has 8 heteroatoms. The Balaban J connectivity index is 1.80. The minimum Gasteiger partial charge on any atom is -0.240 e. The molecule has 0 aliphatic carbocycles. The van der Waals surface area contributed by atoms with Crippen LogP contribution in [0.15, 0.2) is 36.0 Å². The van der Waals surface area contributed by atoms with Crippen LogP contribution in [0.5, 0.6) is 0 Å². The first-order chi connectivity index (χ1) is 11.2. The Morgan fingerprint density at radius 2 is 2.09 bits per heavy atom. The van der Waals surface area contributed by atoms with E-state index in [1.165, 1.54) is 23.7 Å². The number of aryl methyl sites for hydroxylation is 1. The van der Waals surface area contributed by atoms with Crippen molar-refractivity contribution in [3.8, 4) is 10.7 Å². The van der Waals surface area contributed by atoms with Gasteiger partial charge in [-0.3, -0.25) is 0 Å². The summed E-state index contributed by atoms with van der Waals surface area (Å²) < 4.78 is 15.4. The highest BCUT2D eigenvalue weighted by molar-refractivity contribution is 7.13. The third-order valence-electron chi connectivity index (χ3n) is 3.40. The molecule has 3 heterocycles. The Hall–Kier alpha value is -2.74. The number of benzene rings is 1. The number of halogens is 1.